The van der Waals surface area contributed by atoms with E-state index in [-0.39, 0.29) is 0 Å². The zero-order chi connectivity index (χ0) is 25.3. The van der Waals surface area contributed by atoms with Crippen LogP contribution in [0.4, 0.5) is 16.3 Å². The van der Waals surface area contributed by atoms with Crippen LogP contribution in [-0.2, 0) is 4.74 Å². The van der Waals surface area contributed by atoms with E-state index >= 15 is 0 Å². The van der Waals surface area contributed by atoms with Crippen molar-refractivity contribution in [3.05, 3.63) is 59.5 Å². The minimum absolute atomic E-state index is 0.296. The summed E-state index contributed by atoms with van der Waals surface area (Å²) in [7, 11) is 3.47. The Bertz CT molecular complexity index is 1410. The zero-order valence-electron chi connectivity index (χ0n) is 20.6. The molecule has 2 aromatic heterocycles. The first-order chi connectivity index (χ1) is 16.6. The molecule has 4 aromatic rings. The SMILES string of the molecule is CNc1cccc(-n2c(Cl)c(-c3ccc(C)c(OC)c3)c3c(NC(=O)OC(C)(C)C)ncnc32)c1. The lowest BCUT2D eigenvalue weighted by Gasteiger charge is -2.19. The monoisotopic (exact) mass is 493 g/mol. The summed E-state index contributed by atoms with van der Waals surface area (Å²) in [6.07, 6.45) is 0.773. The van der Waals surface area contributed by atoms with E-state index in [9.17, 15) is 4.79 Å². The minimum Gasteiger partial charge on any atom is -0.496 e. The Balaban J connectivity index is 2.00. The molecule has 0 saturated carbocycles. The number of hydrogen-bond acceptors (Lipinski definition) is 6. The summed E-state index contributed by atoms with van der Waals surface area (Å²) < 4.78 is 12.8. The third-order valence-electron chi connectivity index (χ3n) is 5.40. The molecule has 0 spiro atoms. The third kappa shape index (κ3) is 4.88. The number of aryl methyl sites for hydroxylation is 1. The standard InChI is InChI=1S/C26H28ClN5O3/c1-15-10-11-16(12-19(15)34-6)20-21-23(31-25(33)35-26(2,3)4)29-14-30-24(21)32(22(20)27)18-9-7-8-17(13-18)28-5/h7-14,28H,1-6H3,(H,29,30,31,33). The maximum atomic E-state index is 12.6. The minimum atomic E-state index is -0.666. The van der Waals surface area contributed by atoms with E-state index in [1.54, 1.807) is 27.9 Å². The van der Waals surface area contributed by atoms with Gasteiger partial charge in [-0.05, 0) is 63.1 Å². The van der Waals surface area contributed by atoms with E-state index in [1.807, 2.05) is 61.0 Å². The highest BCUT2D eigenvalue weighted by molar-refractivity contribution is 6.35. The first-order valence-corrected chi connectivity index (χ1v) is 11.5. The fourth-order valence-corrected chi connectivity index (χ4v) is 4.24. The number of hydrogen-bond donors (Lipinski definition) is 2. The summed E-state index contributed by atoms with van der Waals surface area (Å²) in [6.45, 7) is 7.37. The van der Waals surface area contributed by atoms with Gasteiger partial charge in [-0.2, -0.15) is 0 Å². The maximum Gasteiger partial charge on any atom is 0.413 e. The van der Waals surface area contributed by atoms with E-state index < -0.39 is 11.7 Å². The van der Waals surface area contributed by atoms with Crippen molar-refractivity contribution in [2.24, 2.45) is 0 Å². The average Bonchev–Trinajstić information content (AvgIpc) is 3.11. The molecule has 2 heterocycles. The third-order valence-corrected chi connectivity index (χ3v) is 5.76. The van der Waals surface area contributed by atoms with Crippen molar-refractivity contribution < 1.29 is 14.3 Å². The molecule has 0 unspecified atom stereocenters. The molecule has 0 fully saturated rings. The van der Waals surface area contributed by atoms with Crippen LogP contribution in [0.3, 0.4) is 0 Å². The number of nitrogens with zero attached hydrogens (tertiary/aromatic N) is 3. The molecule has 0 radical (unpaired) electrons. The molecule has 0 aliphatic heterocycles. The number of carbonyl (C=O) groups excluding carboxylic acids is 1. The molecule has 182 valence electrons. The zero-order valence-corrected chi connectivity index (χ0v) is 21.3. The highest BCUT2D eigenvalue weighted by Crippen LogP contribution is 2.43. The van der Waals surface area contributed by atoms with E-state index in [0.29, 0.717) is 27.6 Å². The molecule has 2 N–H and O–H groups in total. The van der Waals surface area contributed by atoms with Gasteiger partial charge in [-0.3, -0.25) is 9.88 Å². The van der Waals surface area contributed by atoms with Gasteiger partial charge in [0.15, 0.2) is 5.65 Å². The van der Waals surface area contributed by atoms with Gasteiger partial charge in [0.2, 0.25) is 0 Å². The van der Waals surface area contributed by atoms with E-state index in [4.69, 9.17) is 21.1 Å². The van der Waals surface area contributed by atoms with Gasteiger partial charge in [-0.1, -0.05) is 29.8 Å². The Morgan fingerprint density at radius 1 is 1.11 bits per heavy atom. The average molecular weight is 494 g/mol. The van der Waals surface area contributed by atoms with Crippen LogP contribution in [0.25, 0.3) is 27.8 Å². The first kappa shape index (κ1) is 24.3. The van der Waals surface area contributed by atoms with Crippen molar-refractivity contribution >= 4 is 40.2 Å². The summed E-state index contributed by atoms with van der Waals surface area (Å²) in [4.78, 5) is 21.6. The number of ether oxygens (including phenoxy) is 2. The van der Waals surface area contributed by atoms with Crippen molar-refractivity contribution in [3.63, 3.8) is 0 Å². The van der Waals surface area contributed by atoms with Crippen molar-refractivity contribution in [1.82, 2.24) is 14.5 Å². The summed E-state index contributed by atoms with van der Waals surface area (Å²) in [5.41, 5.74) is 4.05. The fourth-order valence-electron chi connectivity index (χ4n) is 3.85. The quantitative estimate of drug-likeness (QED) is 0.332. The van der Waals surface area contributed by atoms with Crippen molar-refractivity contribution in [1.29, 1.82) is 0 Å². The molecule has 9 heteroatoms. The molecule has 35 heavy (non-hydrogen) atoms. The highest BCUT2D eigenvalue weighted by atomic mass is 35.5. The topological polar surface area (TPSA) is 90.3 Å². The lowest BCUT2D eigenvalue weighted by molar-refractivity contribution is 0.0635. The number of anilines is 2. The lowest BCUT2D eigenvalue weighted by Crippen LogP contribution is -2.27. The van der Waals surface area contributed by atoms with E-state index in [2.05, 4.69) is 20.6 Å². The van der Waals surface area contributed by atoms with Gasteiger partial charge >= 0.3 is 6.09 Å². The number of benzene rings is 2. The number of halogens is 1. The first-order valence-electron chi connectivity index (χ1n) is 11.1. The van der Waals surface area contributed by atoms with Gasteiger partial charge < -0.3 is 14.8 Å². The Morgan fingerprint density at radius 2 is 1.89 bits per heavy atom. The second kappa shape index (κ2) is 9.46. The smallest absolute Gasteiger partial charge is 0.413 e. The van der Waals surface area contributed by atoms with Gasteiger partial charge in [0.25, 0.3) is 0 Å². The second-order valence-corrected chi connectivity index (χ2v) is 9.39. The van der Waals surface area contributed by atoms with Crippen LogP contribution >= 0.6 is 11.6 Å². The Hall–Kier alpha value is -3.78. The largest absolute Gasteiger partial charge is 0.496 e. The number of methoxy groups -OCH3 is 1. The normalized spacial score (nSPS) is 11.4. The number of carbonyl (C=O) groups is 1. The molecule has 0 saturated heterocycles. The lowest BCUT2D eigenvalue weighted by atomic mass is 10.0. The summed E-state index contributed by atoms with van der Waals surface area (Å²) in [5.74, 6) is 1.01. The van der Waals surface area contributed by atoms with Crippen LogP contribution < -0.4 is 15.4 Å². The van der Waals surface area contributed by atoms with Crippen molar-refractivity contribution in [2.75, 3.05) is 24.8 Å². The van der Waals surface area contributed by atoms with Crippen LogP contribution in [0, 0.1) is 6.92 Å². The van der Waals surface area contributed by atoms with Crippen LogP contribution in [0.2, 0.25) is 5.15 Å². The molecule has 0 aliphatic carbocycles. The van der Waals surface area contributed by atoms with Crippen LogP contribution in [-0.4, -0.2) is 40.4 Å². The van der Waals surface area contributed by atoms with Crippen LogP contribution in [0.5, 0.6) is 5.75 Å². The number of rotatable bonds is 5. The molecule has 8 nitrogen and oxygen atoms in total. The Labute approximate surface area is 209 Å². The number of aromatic nitrogens is 3. The van der Waals surface area contributed by atoms with Crippen LogP contribution in [0.1, 0.15) is 26.3 Å². The molecule has 2 aromatic carbocycles. The Morgan fingerprint density at radius 3 is 2.57 bits per heavy atom. The fraction of sp³-hybridized carbons (Fsp3) is 0.269. The molecular formula is C26H28ClN5O3. The summed E-state index contributed by atoms with van der Waals surface area (Å²) in [5, 5.41) is 6.93. The number of fused-ring (bicyclic) bond motifs is 1. The van der Waals surface area contributed by atoms with Gasteiger partial charge in [0.1, 0.15) is 28.6 Å². The van der Waals surface area contributed by atoms with Gasteiger partial charge in [-0.15, -0.1) is 0 Å². The molecule has 4 rings (SSSR count). The summed E-state index contributed by atoms with van der Waals surface area (Å²) in [6, 6.07) is 13.6. The van der Waals surface area contributed by atoms with Crippen LogP contribution in [0.15, 0.2) is 48.8 Å². The van der Waals surface area contributed by atoms with E-state index in [1.165, 1.54) is 6.33 Å². The summed E-state index contributed by atoms with van der Waals surface area (Å²) >= 11 is 7.06. The van der Waals surface area contributed by atoms with Gasteiger partial charge in [0.05, 0.1) is 18.2 Å². The maximum absolute atomic E-state index is 12.6. The molecule has 0 aliphatic rings. The molecule has 0 bridgehead atoms. The van der Waals surface area contributed by atoms with Gasteiger partial charge in [0, 0.05) is 18.3 Å². The highest BCUT2D eigenvalue weighted by Gasteiger charge is 2.25. The predicted octanol–water partition coefficient (Wildman–Crippen LogP) is 6.45. The predicted molar refractivity (Wildman–Crippen MR) is 140 cm³/mol. The number of amides is 1. The molecule has 0 atom stereocenters. The molecule has 1 amide bonds. The van der Waals surface area contributed by atoms with Crippen molar-refractivity contribution in [3.8, 4) is 22.6 Å². The van der Waals surface area contributed by atoms with Crippen molar-refractivity contribution in [2.45, 2.75) is 33.3 Å². The molecular weight excluding hydrogens is 466 g/mol. The Kier molecular flexibility index (Phi) is 6.58. The van der Waals surface area contributed by atoms with E-state index in [0.717, 1.165) is 28.3 Å². The van der Waals surface area contributed by atoms with Gasteiger partial charge in [-0.25, -0.2) is 14.8 Å². The second-order valence-electron chi connectivity index (χ2n) is 9.03. The number of nitrogens with one attached hydrogen (secondary N) is 2.